The van der Waals surface area contributed by atoms with Crippen molar-refractivity contribution < 1.29 is 37.6 Å². The lowest BCUT2D eigenvalue weighted by Crippen LogP contribution is -2.29. The molecule has 10 heteroatoms. The summed E-state index contributed by atoms with van der Waals surface area (Å²) < 4.78 is 32.6. The van der Waals surface area contributed by atoms with E-state index in [1.54, 1.807) is 0 Å². The van der Waals surface area contributed by atoms with E-state index in [4.69, 9.17) is 24.3 Å². The highest BCUT2D eigenvalue weighted by Crippen LogP contribution is 2.43. The second kappa shape index (κ2) is 38.6. The number of hydrogen-bond acceptors (Lipinski definition) is 8. The number of phosphoric ester groups is 1. The Balaban J connectivity index is 4.35. The molecule has 53 heavy (non-hydrogen) atoms. The average molecular weight is 760 g/mol. The molecule has 0 saturated heterocycles. The summed E-state index contributed by atoms with van der Waals surface area (Å²) in [5.41, 5.74) is 5.33. The lowest BCUT2D eigenvalue weighted by molar-refractivity contribution is -0.161. The Labute approximate surface area is 321 Å². The molecule has 0 aromatic rings. The molecule has 0 amide bonds. The van der Waals surface area contributed by atoms with E-state index in [1.165, 1.54) is 0 Å². The van der Waals surface area contributed by atoms with Crippen molar-refractivity contribution in [3.8, 4) is 0 Å². The van der Waals surface area contributed by atoms with Crippen LogP contribution < -0.4 is 5.73 Å². The van der Waals surface area contributed by atoms with Gasteiger partial charge < -0.3 is 20.1 Å². The van der Waals surface area contributed by atoms with E-state index in [0.29, 0.717) is 12.8 Å². The zero-order valence-corrected chi connectivity index (χ0v) is 33.6. The summed E-state index contributed by atoms with van der Waals surface area (Å²) in [6.07, 6.45) is 48.7. The van der Waals surface area contributed by atoms with Crippen LogP contribution in [0.2, 0.25) is 0 Å². The molecule has 3 N–H and O–H groups in total. The van der Waals surface area contributed by atoms with Gasteiger partial charge >= 0.3 is 19.8 Å². The first-order valence-electron chi connectivity index (χ1n) is 19.7. The fourth-order valence-corrected chi connectivity index (χ4v) is 5.38. The van der Waals surface area contributed by atoms with Crippen molar-refractivity contribution in [2.24, 2.45) is 5.73 Å². The number of esters is 2. The van der Waals surface area contributed by atoms with E-state index in [1.807, 2.05) is 0 Å². The van der Waals surface area contributed by atoms with Gasteiger partial charge in [-0.3, -0.25) is 18.6 Å². The summed E-state index contributed by atoms with van der Waals surface area (Å²) in [5, 5.41) is 0. The fraction of sp³-hybridized carbons (Fsp3) is 0.581. The SMILES string of the molecule is CCC=CCC=CCC=CCC=CCCCCCCC(=O)OCC(COP(=O)(O)OCCN)OC(=O)CCCCC=CCC=CCC=CCC=CCC. The molecule has 2 atom stereocenters. The molecule has 0 aliphatic heterocycles. The molecule has 300 valence electrons. The highest BCUT2D eigenvalue weighted by molar-refractivity contribution is 7.47. The number of carbonyl (C=O) groups excluding carboxylic acids is 2. The molecule has 0 saturated carbocycles. The maximum absolute atomic E-state index is 12.5. The van der Waals surface area contributed by atoms with Crippen molar-refractivity contribution in [2.75, 3.05) is 26.4 Å². The molecule has 0 aromatic carbocycles. The molecular weight excluding hydrogens is 689 g/mol. The first kappa shape index (κ1) is 49.9. The van der Waals surface area contributed by atoms with Crippen LogP contribution in [0, 0.1) is 0 Å². The van der Waals surface area contributed by atoms with Crippen LogP contribution in [-0.4, -0.2) is 49.3 Å². The number of nitrogens with two attached hydrogens (primary N) is 1. The molecule has 0 spiro atoms. The Kier molecular flexibility index (Phi) is 36.4. The summed E-state index contributed by atoms with van der Waals surface area (Å²) in [5.74, 6) is -0.918. The summed E-state index contributed by atoms with van der Waals surface area (Å²) in [7, 11) is -4.40. The molecule has 0 heterocycles. The standard InChI is InChI=1S/C43H70NO8P/c1-3-5-7-9-11-13-15-17-19-20-22-23-25-27-29-31-33-35-42(45)49-39-41(40-51-53(47,48)50-38-37-44)52-43(46)36-34-32-30-28-26-24-21-18-16-14-12-10-8-6-4-2/h5-8,11-14,17-19,21-23,26,28,41H,3-4,9-10,15-16,20,24-25,27,29-40,44H2,1-2H3,(H,47,48). The van der Waals surface area contributed by atoms with Gasteiger partial charge in [0.2, 0.25) is 0 Å². The maximum Gasteiger partial charge on any atom is 0.472 e. The largest absolute Gasteiger partial charge is 0.472 e. The molecule has 2 unspecified atom stereocenters. The smallest absolute Gasteiger partial charge is 0.462 e. The maximum atomic E-state index is 12.5. The van der Waals surface area contributed by atoms with Crippen LogP contribution in [0.15, 0.2) is 97.2 Å². The topological polar surface area (TPSA) is 134 Å². The van der Waals surface area contributed by atoms with E-state index in [0.717, 1.165) is 89.9 Å². The van der Waals surface area contributed by atoms with Gasteiger partial charge in [0.1, 0.15) is 6.61 Å². The second-order valence-corrected chi connectivity index (χ2v) is 13.8. The van der Waals surface area contributed by atoms with Crippen LogP contribution in [0.3, 0.4) is 0 Å². The van der Waals surface area contributed by atoms with Crippen molar-refractivity contribution >= 4 is 19.8 Å². The van der Waals surface area contributed by atoms with Crippen molar-refractivity contribution in [1.82, 2.24) is 0 Å². The monoisotopic (exact) mass is 759 g/mol. The van der Waals surface area contributed by atoms with E-state index in [9.17, 15) is 19.0 Å². The van der Waals surface area contributed by atoms with Gasteiger partial charge in [-0.15, -0.1) is 0 Å². The summed E-state index contributed by atoms with van der Waals surface area (Å²) in [4.78, 5) is 34.8. The number of ether oxygens (including phenoxy) is 2. The van der Waals surface area contributed by atoms with E-state index < -0.39 is 32.5 Å². The Hall–Kier alpha value is -3.07. The van der Waals surface area contributed by atoms with Gasteiger partial charge in [-0.25, -0.2) is 4.57 Å². The predicted molar refractivity (Wildman–Crippen MR) is 219 cm³/mol. The normalized spacial score (nSPS) is 14.4. The third kappa shape index (κ3) is 38.5. The highest BCUT2D eigenvalue weighted by atomic mass is 31.2. The number of carbonyl (C=O) groups is 2. The number of unbranched alkanes of at least 4 members (excludes halogenated alkanes) is 6. The lowest BCUT2D eigenvalue weighted by atomic mass is 10.1. The fourth-order valence-electron chi connectivity index (χ4n) is 4.61. The average Bonchev–Trinajstić information content (AvgIpc) is 3.14. The Morgan fingerprint density at radius 2 is 0.981 bits per heavy atom. The zero-order valence-electron chi connectivity index (χ0n) is 32.7. The molecule has 0 radical (unpaired) electrons. The minimum atomic E-state index is -4.40. The minimum Gasteiger partial charge on any atom is -0.462 e. The lowest BCUT2D eigenvalue weighted by Gasteiger charge is -2.19. The van der Waals surface area contributed by atoms with Gasteiger partial charge in [0.05, 0.1) is 13.2 Å². The van der Waals surface area contributed by atoms with Crippen LogP contribution in [-0.2, 0) is 32.7 Å². The summed E-state index contributed by atoms with van der Waals surface area (Å²) in [6.45, 7) is 3.39. The van der Waals surface area contributed by atoms with Gasteiger partial charge in [0.15, 0.2) is 6.10 Å². The van der Waals surface area contributed by atoms with Crippen molar-refractivity contribution in [1.29, 1.82) is 0 Å². The molecule has 0 aliphatic rings. The van der Waals surface area contributed by atoms with Gasteiger partial charge in [0, 0.05) is 19.4 Å². The number of hydrogen-bond donors (Lipinski definition) is 2. The van der Waals surface area contributed by atoms with Crippen LogP contribution in [0.5, 0.6) is 0 Å². The molecule has 0 fully saturated rings. The van der Waals surface area contributed by atoms with Crippen LogP contribution in [0.25, 0.3) is 0 Å². The van der Waals surface area contributed by atoms with Crippen molar-refractivity contribution in [2.45, 2.75) is 136 Å². The van der Waals surface area contributed by atoms with Gasteiger partial charge in [-0.1, -0.05) is 124 Å². The van der Waals surface area contributed by atoms with Crippen LogP contribution >= 0.6 is 7.82 Å². The molecule has 0 bridgehead atoms. The summed E-state index contributed by atoms with van der Waals surface area (Å²) in [6, 6.07) is 0. The Morgan fingerprint density at radius 3 is 1.47 bits per heavy atom. The quantitative estimate of drug-likeness (QED) is 0.0280. The van der Waals surface area contributed by atoms with E-state index in [-0.39, 0.29) is 32.6 Å². The van der Waals surface area contributed by atoms with Crippen molar-refractivity contribution in [3.05, 3.63) is 97.2 Å². The van der Waals surface area contributed by atoms with Crippen LogP contribution in [0.4, 0.5) is 0 Å². The first-order valence-corrected chi connectivity index (χ1v) is 21.2. The van der Waals surface area contributed by atoms with Crippen molar-refractivity contribution in [3.63, 3.8) is 0 Å². The van der Waals surface area contributed by atoms with Gasteiger partial charge in [-0.2, -0.15) is 0 Å². The molecule has 9 nitrogen and oxygen atoms in total. The molecule has 0 aliphatic carbocycles. The van der Waals surface area contributed by atoms with E-state index >= 15 is 0 Å². The Bertz CT molecular complexity index is 1180. The summed E-state index contributed by atoms with van der Waals surface area (Å²) >= 11 is 0. The zero-order chi connectivity index (χ0) is 38.9. The number of rotatable bonds is 35. The molecule has 0 aromatic heterocycles. The predicted octanol–water partition coefficient (Wildman–Crippen LogP) is 11.0. The minimum absolute atomic E-state index is 0.0370. The number of phosphoric acid groups is 1. The van der Waals surface area contributed by atoms with E-state index in [2.05, 4.69) is 111 Å². The molecule has 0 rings (SSSR count). The second-order valence-electron chi connectivity index (χ2n) is 12.4. The van der Waals surface area contributed by atoms with Gasteiger partial charge in [0.25, 0.3) is 0 Å². The first-order chi connectivity index (χ1) is 25.8. The molecular formula is C43H70NO8P. The van der Waals surface area contributed by atoms with Gasteiger partial charge in [-0.05, 0) is 89.9 Å². The Morgan fingerprint density at radius 1 is 0.566 bits per heavy atom. The third-order valence-electron chi connectivity index (χ3n) is 7.47. The van der Waals surface area contributed by atoms with Crippen LogP contribution in [0.1, 0.15) is 129 Å². The highest BCUT2D eigenvalue weighted by Gasteiger charge is 2.25. The third-order valence-corrected chi connectivity index (χ3v) is 8.45. The number of allylic oxidation sites excluding steroid dienone is 16.